The standard InChI is InChI=1S/C16H18ClN3O3/c1-4-23-13-10-11(9-12(17)16(13)22-3)5-6-15(21)18-14-7-8-20(2)19-14/h5-10H,4H2,1-3H3,(H,18,19,21)/b6-5+. The number of nitrogens with zero attached hydrogens (tertiary/aromatic N) is 2. The summed E-state index contributed by atoms with van der Waals surface area (Å²) in [7, 11) is 3.31. The molecule has 23 heavy (non-hydrogen) atoms. The number of anilines is 1. The van der Waals surface area contributed by atoms with Crippen molar-refractivity contribution in [1.29, 1.82) is 0 Å². The summed E-state index contributed by atoms with van der Waals surface area (Å²) in [5, 5.41) is 7.16. The summed E-state index contributed by atoms with van der Waals surface area (Å²) in [4.78, 5) is 11.9. The van der Waals surface area contributed by atoms with Crippen molar-refractivity contribution in [3.8, 4) is 11.5 Å². The van der Waals surface area contributed by atoms with Gasteiger partial charge in [0, 0.05) is 25.4 Å². The average molecular weight is 336 g/mol. The summed E-state index contributed by atoms with van der Waals surface area (Å²) in [5.74, 6) is 1.22. The second kappa shape index (κ2) is 7.69. The number of amides is 1. The molecule has 0 atom stereocenters. The minimum atomic E-state index is -0.284. The van der Waals surface area contributed by atoms with E-state index in [2.05, 4.69) is 10.4 Å². The van der Waals surface area contributed by atoms with E-state index in [-0.39, 0.29) is 5.91 Å². The van der Waals surface area contributed by atoms with E-state index in [1.165, 1.54) is 13.2 Å². The maximum Gasteiger partial charge on any atom is 0.249 e. The van der Waals surface area contributed by atoms with Gasteiger partial charge in [0.1, 0.15) is 0 Å². The molecule has 1 N–H and O–H groups in total. The van der Waals surface area contributed by atoms with Crippen LogP contribution in [0.4, 0.5) is 5.82 Å². The highest BCUT2D eigenvalue weighted by Crippen LogP contribution is 2.36. The van der Waals surface area contributed by atoms with Gasteiger partial charge in [0.2, 0.25) is 5.91 Å². The first-order valence-electron chi connectivity index (χ1n) is 7.02. The van der Waals surface area contributed by atoms with Crippen LogP contribution >= 0.6 is 11.6 Å². The predicted octanol–water partition coefficient (Wildman–Crippen LogP) is 3.13. The number of aromatic nitrogens is 2. The van der Waals surface area contributed by atoms with Gasteiger partial charge in [0.15, 0.2) is 17.3 Å². The van der Waals surface area contributed by atoms with Crippen molar-refractivity contribution < 1.29 is 14.3 Å². The topological polar surface area (TPSA) is 65.4 Å². The van der Waals surface area contributed by atoms with Crippen molar-refractivity contribution >= 4 is 29.4 Å². The smallest absolute Gasteiger partial charge is 0.249 e. The second-order valence-corrected chi connectivity index (χ2v) is 5.07. The van der Waals surface area contributed by atoms with E-state index in [1.54, 1.807) is 42.2 Å². The zero-order valence-corrected chi connectivity index (χ0v) is 13.9. The lowest BCUT2D eigenvalue weighted by atomic mass is 10.2. The minimum Gasteiger partial charge on any atom is -0.491 e. The minimum absolute atomic E-state index is 0.284. The van der Waals surface area contributed by atoms with Crippen molar-refractivity contribution in [3.05, 3.63) is 41.1 Å². The number of rotatable bonds is 6. The Labute approximate surface area is 139 Å². The highest BCUT2D eigenvalue weighted by molar-refractivity contribution is 6.32. The molecule has 1 aromatic carbocycles. The number of nitrogens with one attached hydrogen (secondary N) is 1. The first-order valence-corrected chi connectivity index (χ1v) is 7.40. The van der Waals surface area contributed by atoms with Gasteiger partial charge in [-0.25, -0.2) is 0 Å². The van der Waals surface area contributed by atoms with E-state index < -0.39 is 0 Å². The van der Waals surface area contributed by atoms with Crippen LogP contribution in [0.15, 0.2) is 30.5 Å². The van der Waals surface area contributed by atoms with Crippen molar-refractivity contribution in [3.63, 3.8) is 0 Å². The summed E-state index contributed by atoms with van der Waals surface area (Å²) in [5.41, 5.74) is 0.732. The van der Waals surface area contributed by atoms with E-state index >= 15 is 0 Å². The fourth-order valence-electron chi connectivity index (χ4n) is 1.97. The number of hydrogen-bond acceptors (Lipinski definition) is 4. The Morgan fingerprint density at radius 3 is 2.87 bits per heavy atom. The zero-order chi connectivity index (χ0) is 16.8. The van der Waals surface area contributed by atoms with Gasteiger partial charge in [-0.3, -0.25) is 9.48 Å². The van der Waals surface area contributed by atoms with E-state index in [0.717, 1.165) is 5.56 Å². The molecule has 0 aliphatic heterocycles. The molecule has 0 bridgehead atoms. The number of aryl methyl sites for hydroxylation is 1. The molecular formula is C16H18ClN3O3. The molecule has 0 spiro atoms. The zero-order valence-electron chi connectivity index (χ0n) is 13.2. The lowest BCUT2D eigenvalue weighted by molar-refractivity contribution is -0.111. The van der Waals surface area contributed by atoms with Gasteiger partial charge in [0.05, 0.1) is 18.7 Å². The van der Waals surface area contributed by atoms with Gasteiger partial charge in [-0.1, -0.05) is 11.6 Å². The monoisotopic (exact) mass is 335 g/mol. The van der Waals surface area contributed by atoms with Crippen LogP contribution in [-0.4, -0.2) is 29.4 Å². The highest BCUT2D eigenvalue weighted by atomic mass is 35.5. The number of ether oxygens (including phenoxy) is 2. The lowest BCUT2D eigenvalue weighted by Crippen LogP contribution is -2.08. The SMILES string of the molecule is CCOc1cc(/C=C/C(=O)Nc2ccn(C)n2)cc(Cl)c1OC. The van der Waals surface area contributed by atoms with Crippen LogP contribution in [0.2, 0.25) is 5.02 Å². The van der Waals surface area contributed by atoms with E-state index in [0.29, 0.717) is 28.9 Å². The van der Waals surface area contributed by atoms with Gasteiger partial charge in [-0.15, -0.1) is 0 Å². The van der Waals surface area contributed by atoms with Crippen LogP contribution in [0.1, 0.15) is 12.5 Å². The van der Waals surface area contributed by atoms with Crippen LogP contribution in [0.3, 0.4) is 0 Å². The molecule has 1 heterocycles. The molecule has 1 aromatic heterocycles. The molecule has 7 heteroatoms. The van der Waals surface area contributed by atoms with Crippen LogP contribution < -0.4 is 14.8 Å². The number of carbonyl (C=O) groups is 1. The molecule has 122 valence electrons. The summed E-state index contributed by atoms with van der Waals surface area (Å²) < 4.78 is 12.3. The Morgan fingerprint density at radius 1 is 1.48 bits per heavy atom. The van der Waals surface area contributed by atoms with Gasteiger partial charge in [0.25, 0.3) is 0 Å². The summed E-state index contributed by atoms with van der Waals surface area (Å²) in [6, 6.07) is 5.18. The molecule has 0 fully saturated rings. The fourth-order valence-corrected chi connectivity index (χ4v) is 2.26. The van der Waals surface area contributed by atoms with Gasteiger partial charge < -0.3 is 14.8 Å². The lowest BCUT2D eigenvalue weighted by Gasteiger charge is -2.11. The summed E-state index contributed by atoms with van der Waals surface area (Å²) >= 11 is 6.17. The number of benzene rings is 1. The molecule has 0 saturated heterocycles. The fraction of sp³-hybridized carbons (Fsp3) is 0.250. The van der Waals surface area contributed by atoms with Crippen molar-refractivity contribution in [2.75, 3.05) is 19.0 Å². The average Bonchev–Trinajstić information content (AvgIpc) is 2.90. The van der Waals surface area contributed by atoms with Gasteiger partial charge >= 0.3 is 0 Å². The highest BCUT2D eigenvalue weighted by Gasteiger charge is 2.10. The largest absolute Gasteiger partial charge is 0.491 e. The molecule has 0 radical (unpaired) electrons. The Balaban J connectivity index is 2.13. The molecule has 6 nitrogen and oxygen atoms in total. The Kier molecular flexibility index (Phi) is 5.65. The molecule has 2 rings (SSSR count). The molecule has 0 aliphatic carbocycles. The molecule has 0 aliphatic rings. The van der Waals surface area contributed by atoms with Crippen LogP contribution in [0.5, 0.6) is 11.5 Å². The van der Waals surface area contributed by atoms with Gasteiger partial charge in [-0.05, 0) is 30.7 Å². The van der Waals surface area contributed by atoms with E-state index in [9.17, 15) is 4.79 Å². The number of methoxy groups -OCH3 is 1. The Hall–Kier alpha value is -2.47. The quantitative estimate of drug-likeness (QED) is 0.824. The molecule has 0 saturated carbocycles. The van der Waals surface area contributed by atoms with Crippen LogP contribution in [0.25, 0.3) is 6.08 Å². The van der Waals surface area contributed by atoms with Crippen LogP contribution in [0, 0.1) is 0 Å². The predicted molar refractivity (Wildman–Crippen MR) is 90.0 cm³/mol. The molecule has 2 aromatic rings. The molecular weight excluding hydrogens is 318 g/mol. The number of hydrogen-bond donors (Lipinski definition) is 1. The third kappa shape index (κ3) is 4.50. The summed E-state index contributed by atoms with van der Waals surface area (Å²) in [6.07, 6.45) is 4.80. The first-order chi connectivity index (χ1) is 11.0. The van der Waals surface area contributed by atoms with E-state index in [1.807, 2.05) is 6.92 Å². The van der Waals surface area contributed by atoms with Crippen molar-refractivity contribution in [2.24, 2.45) is 7.05 Å². The first kappa shape index (κ1) is 16.9. The van der Waals surface area contributed by atoms with Crippen LogP contribution in [-0.2, 0) is 11.8 Å². The number of halogens is 1. The maximum atomic E-state index is 11.9. The molecule has 1 amide bonds. The Morgan fingerprint density at radius 2 is 2.26 bits per heavy atom. The third-order valence-corrected chi connectivity index (χ3v) is 3.21. The van der Waals surface area contributed by atoms with Gasteiger partial charge in [-0.2, -0.15) is 5.10 Å². The van der Waals surface area contributed by atoms with Crippen molar-refractivity contribution in [2.45, 2.75) is 6.92 Å². The normalized spacial score (nSPS) is 10.8. The van der Waals surface area contributed by atoms with E-state index in [4.69, 9.17) is 21.1 Å². The second-order valence-electron chi connectivity index (χ2n) is 4.66. The third-order valence-electron chi connectivity index (χ3n) is 2.93. The summed E-state index contributed by atoms with van der Waals surface area (Å²) in [6.45, 7) is 2.36. The van der Waals surface area contributed by atoms with Crippen molar-refractivity contribution in [1.82, 2.24) is 9.78 Å². The Bertz CT molecular complexity index is 725. The number of carbonyl (C=O) groups excluding carboxylic acids is 1. The molecule has 0 unspecified atom stereocenters. The maximum absolute atomic E-state index is 11.9.